The van der Waals surface area contributed by atoms with E-state index in [1.807, 2.05) is 58.0 Å². The number of nitrogens with one attached hydrogen (secondary N) is 1. The van der Waals surface area contributed by atoms with E-state index >= 15 is 0 Å². The average molecular weight is 566 g/mol. The minimum atomic E-state index is -4.17. The highest BCUT2D eigenvalue weighted by Crippen LogP contribution is 2.33. The molecule has 3 rings (SSSR count). The fourth-order valence-corrected chi connectivity index (χ4v) is 5.92. The zero-order valence-electron chi connectivity index (χ0n) is 23.9. The Labute approximate surface area is 238 Å². The number of ether oxygens (including phenoxy) is 1. The fourth-order valence-electron chi connectivity index (χ4n) is 4.48. The molecule has 0 aliphatic heterocycles. The van der Waals surface area contributed by atoms with E-state index in [0.717, 1.165) is 27.4 Å². The lowest BCUT2D eigenvalue weighted by Crippen LogP contribution is -2.52. The van der Waals surface area contributed by atoms with Gasteiger partial charge in [-0.2, -0.15) is 0 Å². The molecule has 3 aromatic rings. The van der Waals surface area contributed by atoms with Crippen molar-refractivity contribution in [3.8, 4) is 5.75 Å². The third-order valence-electron chi connectivity index (χ3n) is 6.75. The van der Waals surface area contributed by atoms with Crippen molar-refractivity contribution < 1.29 is 22.7 Å². The number of rotatable bonds is 13. The van der Waals surface area contributed by atoms with Crippen LogP contribution in [0, 0.1) is 13.8 Å². The van der Waals surface area contributed by atoms with Crippen LogP contribution < -0.4 is 14.4 Å². The normalized spacial score (nSPS) is 11.9. The number of nitrogens with zero attached hydrogens (tertiary/aromatic N) is 2. The maximum Gasteiger partial charge on any atom is 0.264 e. The molecule has 0 unspecified atom stereocenters. The Kier molecular flexibility index (Phi) is 10.7. The number of methoxy groups -OCH3 is 1. The van der Waals surface area contributed by atoms with Gasteiger partial charge in [-0.15, -0.1) is 0 Å². The van der Waals surface area contributed by atoms with Crippen LogP contribution in [-0.2, 0) is 26.2 Å². The molecular weight excluding hydrogens is 526 g/mol. The van der Waals surface area contributed by atoms with Crippen molar-refractivity contribution in [3.05, 3.63) is 89.5 Å². The van der Waals surface area contributed by atoms with E-state index in [4.69, 9.17) is 4.74 Å². The Morgan fingerprint density at radius 3 is 2.25 bits per heavy atom. The summed E-state index contributed by atoms with van der Waals surface area (Å²) < 4.78 is 34.6. The summed E-state index contributed by atoms with van der Waals surface area (Å²) in [5, 5.41) is 2.90. The Morgan fingerprint density at radius 1 is 0.950 bits per heavy atom. The highest BCUT2D eigenvalue weighted by Gasteiger charge is 2.34. The summed E-state index contributed by atoms with van der Waals surface area (Å²) in [6, 6.07) is 20.0. The van der Waals surface area contributed by atoms with Crippen LogP contribution >= 0.6 is 0 Å². The van der Waals surface area contributed by atoms with Crippen LogP contribution in [0.3, 0.4) is 0 Å². The first-order valence-electron chi connectivity index (χ1n) is 13.5. The van der Waals surface area contributed by atoms with Gasteiger partial charge in [-0.25, -0.2) is 8.42 Å². The first-order chi connectivity index (χ1) is 19.1. The predicted molar refractivity (Wildman–Crippen MR) is 158 cm³/mol. The molecule has 0 aromatic heterocycles. The number of amides is 2. The molecule has 8 nitrogen and oxygen atoms in total. The van der Waals surface area contributed by atoms with Gasteiger partial charge in [-0.1, -0.05) is 62.4 Å². The molecule has 0 aliphatic rings. The van der Waals surface area contributed by atoms with Gasteiger partial charge in [-0.05, 0) is 67.6 Å². The standard InChI is InChI=1S/C31H39N3O5S/c1-6-19-32-31(36)27(7-2)33(21-25-14-12-11-13-24(25)4)30(35)22-34(28-20-23(3)17-18-29(28)39-5)40(37,38)26-15-9-8-10-16-26/h8-18,20,27H,6-7,19,21-22H2,1-5H3,(H,32,36)/t27-/m1/s1. The van der Waals surface area contributed by atoms with Gasteiger partial charge >= 0.3 is 0 Å². The molecule has 1 atom stereocenters. The molecule has 214 valence electrons. The maximum atomic E-state index is 14.2. The van der Waals surface area contributed by atoms with Gasteiger partial charge < -0.3 is 15.0 Å². The summed E-state index contributed by atoms with van der Waals surface area (Å²) in [5.74, 6) is -0.446. The molecular formula is C31H39N3O5S. The van der Waals surface area contributed by atoms with Crippen LogP contribution in [0.25, 0.3) is 0 Å². The Bertz CT molecular complexity index is 1410. The van der Waals surface area contributed by atoms with Crippen molar-refractivity contribution >= 4 is 27.5 Å². The highest BCUT2D eigenvalue weighted by atomic mass is 32.2. The number of aryl methyl sites for hydroxylation is 2. The first kappa shape index (κ1) is 30.7. The lowest BCUT2D eigenvalue weighted by atomic mass is 10.1. The van der Waals surface area contributed by atoms with Gasteiger partial charge in [0.25, 0.3) is 10.0 Å². The molecule has 0 fully saturated rings. The van der Waals surface area contributed by atoms with E-state index < -0.39 is 28.5 Å². The van der Waals surface area contributed by atoms with Crippen LogP contribution in [0.5, 0.6) is 5.75 Å². The number of hydrogen-bond donors (Lipinski definition) is 1. The van der Waals surface area contributed by atoms with Crippen molar-refractivity contribution in [3.63, 3.8) is 0 Å². The third-order valence-corrected chi connectivity index (χ3v) is 8.52. The van der Waals surface area contributed by atoms with Crippen molar-refractivity contribution in [2.75, 3.05) is 24.5 Å². The summed E-state index contributed by atoms with van der Waals surface area (Å²) in [5.41, 5.74) is 2.90. The second kappa shape index (κ2) is 14.0. The molecule has 3 aromatic carbocycles. The van der Waals surface area contributed by atoms with E-state index in [0.29, 0.717) is 18.7 Å². The minimum Gasteiger partial charge on any atom is -0.495 e. The third kappa shape index (κ3) is 7.21. The Balaban J connectivity index is 2.12. The molecule has 0 saturated carbocycles. The average Bonchev–Trinajstić information content (AvgIpc) is 2.95. The lowest BCUT2D eigenvalue weighted by Gasteiger charge is -2.34. The molecule has 1 N–H and O–H groups in total. The van der Waals surface area contributed by atoms with E-state index in [1.54, 1.807) is 30.3 Å². The largest absolute Gasteiger partial charge is 0.495 e. The van der Waals surface area contributed by atoms with E-state index in [2.05, 4.69) is 5.32 Å². The van der Waals surface area contributed by atoms with Crippen molar-refractivity contribution in [2.45, 2.75) is 58.0 Å². The van der Waals surface area contributed by atoms with Crippen molar-refractivity contribution in [1.82, 2.24) is 10.2 Å². The summed E-state index contributed by atoms with van der Waals surface area (Å²) in [4.78, 5) is 28.9. The number of benzene rings is 3. The van der Waals surface area contributed by atoms with Crippen molar-refractivity contribution in [2.24, 2.45) is 0 Å². The van der Waals surface area contributed by atoms with Gasteiger partial charge in [0.05, 0.1) is 17.7 Å². The zero-order valence-corrected chi connectivity index (χ0v) is 24.7. The molecule has 0 bridgehead atoms. The molecule has 0 spiro atoms. The summed E-state index contributed by atoms with van der Waals surface area (Å²) in [6.07, 6.45) is 1.12. The summed E-state index contributed by atoms with van der Waals surface area (Å²) in [6.45, 7) is 7.72. The lowest BCUT2D eigenvalue weighted by molar-refractivity contribution is -0.140. The molecule has 9 heteroatoms. The topological polar surface area (TPSA) is 96.0 Å². The van der Waals surface area contributed by atoms with E-state index in [-0.39, 0.29) is 23.0 Å². The predicted octanol–water partition coefficient (Wildman–Crippen LogP) is 4.84. The van der Waals surface area contributed by atoms with Gasteiger partial charge in [0.15, 0.2) is 0 Å². The number of carbonyl (C=O) groups excluding carboxylic acids is 2. The first-order valence-corrected chi connectivity index (χ1v) is 14.9. The number of hydrogen-bond acceptors (Lipinski definition) is 5. The van der Waals surface area contributed by atoms with Crippen LogP contribution in [0.2, 0.25) is 0 Å². The molecule has 40 heavy (non-hydrogen) atoms. The Morgan fingerprint density at radius 2 is 1.62 bits per heavy atom. The smallest absolute Gasteiger partial charge is 0.264 e. The van der Waals surface area contributed by atoms with E-state index in [1.165, 1.54) is 24.1 Å². The molecule has 0 saturated heterocycles. The number of carbonyl (C=O) groups is 2. The van der Waals surface area contributed by atoms with Crippen LogP contribution in [0.15, 0.2) is 77.7 Å². The second-order valence-electron chi connectivity index (χ2n) is 9.66. The van der Waals surface area contributed by atoms with Gasteiger partial charge in [0.1, 0.15) is 18.3 Å². The summed E-state index contributed by atoms with van der Waals surface area (Å²) >= 11 is 0. The SMILES string of the molecule is CCCNC(=O)[C@@H](CC)N(Cc1ccccc1C)C(=O)CN(c1cc(C)ccc1OC)S(=O)(=O)c1ccccc1. The van der Waals surface area contributed by atoms with E-state index in [9.17, 15) is 18.0 Å². The molecule has 2 amide bonds. The van der Waals surface area contributed by atoms with Crippen molar-refractivity contribution in [1.29, 1.82) is 0 Å². The van der Waals surface area contributed by atoms with Crippen LogP contribution in [-0.4, -0.2) is 51.4 Å². The van der Waals surface area contributed by atoms with Gasteiger partial charge in [0, 0.05) is 13.1 Å². The zero-order chi connectivity index (χ0) is 29.3. The quantitative estimate of drug-likeness (QED) is 0.320. The number of anilines is 1. The van der Waals surface area contributed by atoms with Crippen LogP contribution in [0.4, 0.5) is 5.69 Å². The van der Waals surface area contributed by atoms with Crippen LogP contribution in [0.1, 0.15) is 43.4 Å². The number of sulfonamides is 1. The Hall–Kier alpha value is -3.85. The highest BCUT2D eigenvalue weighted by molar-refractivity contribution is 7.92. The fraction of sp³-hybridized carbons (Fsp3) is 0.355. The minimum absolute atomic E-state index is 0.0459. The molecule has 0 heterocycles. The van der Waals surface area contributed by atoms with Gasteiger partial charge in [0.2, 0.25) is 11.8 Å². The molecule has 0 aliphatic carbocycles. The summed E-state index contributed by atoms with van der Waals surface area (Å²) in [7, 11) is -2.72. The van der Waals surface area contributed by atoms with Gasteiger partial charge in [-0.3, -0.25) is 13.9 Å². The maximum absolute atomic E-state index is 14.2. The monoisotopic (exact) mass is 565 g/mol. The molecule has 0 radical (unpaired) electrons. The second-order valence-corrected chi connectivity index (χ2v) is 11.5.